The molecule has 72 heavy (non-hydrogen) atoms. The molecular formula is C65H66FIrN3OSi-2. The van der Waals surface area contributed by atoms with Crippen molar-refractivity contribution < 1.29 is 28.9 Å². The average molecular weight is 1140 g/mol. The van der Waals surface area contributed by atoms with Crippen LogP contribution < -0.4 is 5.19 Å². The number of benzene rings is 7. The SMILES string of the molecule is CC(C)(C)c1ccc(-c2[c-]cc(F)cc2)nc1.CC(C)c1cc(-c2ccc([Si](C)(C)C)cc2)cc(C(C)C)c1-n1c(-c2[c-]ccc3c2oc2cc(-c4ccc(C(C)(C)C)cc4)ccc23)nc2ccccc21.[Ir]. The summed E-state index contributed by atoms with van der Waals surface area (Å²) in [5.41, 5.74) is 17.5. The molecule has 0 N–H and O–H groups in total. The number of hydrogen-bond acceptors (Lipinski definition) is 3. The van der Waals surface area contributed by atoms with Crippen molar-refractivity contribution in [2.24, 2.45) is 0 Å². The molecule has 0 unspecified atom stereocenters. The van der Waals surface area contributed by atoms with E-state index >= 15 is 0 Å². The van der Waals surface area contributed by atoms with Gasteiger partial charge in [-0.1, -0.05) is 190 Å². The molecule has 0 atom stereocenters. The molecule has 0 aliphatic carbocycles. The van der Waals surface area contributed by atoms with Gasteiger partial charge >= 0.3 is 0 Å². The molecule has 0 aliphatic rings. The Bertz CT molecular complexity index is 3480. The van der Waals surface area contributed by atoms with Gasteiger partial charge in [0, 0.05) is 43.2 Å². The van der Waals surface area contributed by atoms with Crippen LogP contribution in [0.3, 0.4) is 0 Å². The molecule has 0 aliphatic heterocycles. The first-order valence-corrected chi connectivity index (χ1v) is 28.5. The van der Waals surface area contributed by atoms with E-state index < -0.39 is 8.07 Å². The van der Waals surface area contributed by atoms with Crippen molar-refractivity contribution in [3.63, 3.8) is 0 Å². The average Bonchev–Trinajstić information content (AvgIpc) is 3.92. The van der Waals surface area contributed by atoms with Gasteiger partial charge in [-0.2, -0.15) is 0 Å². The molecule has 4 nitrogen and oxygen atoms in total. The molecular weight excluding hydrogens is 1080 g/mol. The number of para-hydroxylation sites is 2. The summed E-state index contributed by atoms with van der Waals surface area (Å²) in [6.45, 7) is 29.6. The maximum absolute atomic E-state index is 12.8. The fourth-order valence-corrected chi connectivity index (χ4v) is 10.5. The van der Waals surface area contributed by atoms with Gasteiger partial charge in [-0.25, -0.2) is 0 Å². The zero-order valence-corrected chi connectivity index (χ0v) is 47.4. The van der Waals surface area contributed by atoms with Crippen molar-refractivity contribution in [3.8, 4) is 50.6 Å². The number of imidazole rings is 1. The molecule has 7 heteroatoms. The molecule has 369 valence electrons. The van der Waals surface area contributed by atoms with Crippen molar-refractivity contribution in [1.29, 1.82) is 0 Å². The molecule has 0 bridgehead atoms. The molecule has 0 saturated carbocycles. The van der Waals surface area contributed by atoms with Crippen LogP contribution in [0.2, 0.25) is 19.6 Å². The molecule has 10 rings (SSSR count). The molecule has 0 saturated heterocycles. The van der Waals surface area contributed by atoms with E-state index in [0.717, 1.165) is 61.2 Å². The summed E-state index contributed by atoms with van der Waals surface area (Å²) in [6.07, 6.45) is 1.87. The molecule has 7 aromatic carbocycles. The predicted octanol–water partition coefficient (Wildman–Crippen LogP) is 17.8. The molecule has 10 aromatic rings. The molecule has 0 spiro atoms. The molecule has 3 aromatic heterocycles. The van der Waals surface area contributed by atoms with Crippen LogP contribution in [0.25, 0.3) is 83.6 Å². The zero-order chi connectivity index (χ0) is 50.6. The number of furan rings is 1. The minimum absolute atomic E-state index is 0. The zero-order valence-electron chi connectivity index (χ0n) is 44.0. The van der Waals surface area contributed by atoms with E-state index in [1.807, 2.05) is 18.3 Å². The third kappa shape index (κ3) is 10.6. The van der Waals surface area contributed by atoms with Crippen LogP contribution in [0, 0.1) is 17.9 Å². The first-order chi connectivity index (χ1) is 33.7. The first kappa shape index (κ1) is 52.1. The number of hydrogen-bond donors (Lipinski definition) is 0. The maximum Gasteiger partial charge on any atom is 0.121 e. The Morgan fingerprint density at radius 2 is 1.24 bits per heavy atom. The number of halogens is 1. The summed E-state index contributed by atoms with van der Waals surface area (Å²) < 4.78 is 22.0. The second-order valence-electron chi connectivity index (χ2n) is 22.7. The first-order valence-electron chi connectivity index (χ1n) is 25.0. The van der Waals surface area contributed by atoms with Gasteiger partial charge in [-0.3, -0.25) is 9.37 Å². The van der Waals surface area contributed by atoms with Gasteiger partial charge in [-0.05, 0) is 103 Å². The van der Waals surface area contributed by atoms with E-state index in [4.69, 9.17) is 9.40 Å². The van der Waals surface area contributed by atoms with Crippen LogP contribution in [0.4, 0.5) is 4.39 Å². The predicted molar refractivity (Wildman–Crippen MR) is 301 cm³/mol. The van der Waals surface area contributed by atoms with Crippen molar-refractivity contribution in [2.75, 3.05) is 0 Å². The summed E-state index contributed by atoms with van der Waals surface area (Å²) in [5.74, 6) is 1.11. The van der Waals surface area contributed by atoms with Gasteiger partial charge in [-0.15, -0.1) is 48.0 Å². The minimum Gasteiger partial charge on any atom is -0.501 e. The van der Waals surface area contributed by atoms with Crippen LogP contribution in [0.5, 0.6) is 0 Å². The number of aromatic nitrogens is 3. The van der Waals surface area contributed by atoms with Crippen LogP contribution in [-0.2, 0) is 30.9 Å². The summed E-state index contributed by atoms with van der Waals surface area (Å²) >= 11 is 0. The third-order valence-electron chi connectivity index (χ3n) is 13.7. The van der Waals surface area contributed by atoms with E-state index in [1.165, 1.54) is 62.0 Å². The van der Waals surface area contributed by atoms with E-state index in [-0.39, 0.29) is 48.6 Å². The van der Waals surface area contributed by atoms with Crippen molar-refractivity contribution in [3.05, 3.63) is 192 Å². The summed E-state index contributed by atoms with van der Waals surface area (Å²) in [5, 5.41) is 3.64. The summed E-state index contributed by atoms with van der Waals surface area (Å²) in [4.78, 5) is 9.75. The molecule has 0 fully saturated rings. The standard InChI is InChI=1S/C50H51N2OSi.C15H15FN.Ir/c1-31(2)42-28-36(34-20-25-38(26-21-34)54(8,9)10)29-43(32(3)4)47(42)52-45-17-12-11-16-44(45)51-49(52)41-15-13-14-40-39-27-22-35(30-46(39)53-48(40)41)33-18-23-37(24-19-33)50(5,6)7;1-15(2,3)12-6-9-14(17-10-12)11-4-7-13(16)8-5-11;/h11-14,16-32H,1-10H3;4,6-10H,1-3H3;/q2*-1;. The van der Waals surface area contributed by atoms with E-state index in [2.05, 4.69) is 226 Å². The van der Waals surface area contributed by atoms with Crippen molar-refractivity contribution in [2.45, 2.75) is 112 Å². The smallest absolute Gasteiger partial charge is 0.121 e. The minimum atomic E-state index is -1.40. The second kappa shape index (κ2) is 20.3. The number of pyridine rings is 1. The Labute approximate surface area is 441 Å². The van der Waals surface area contributed by atoms with Crippen LogP contribution in [0.1, 0.15) is 103 Å². The van der Waals surface area contributed by atoms with Gasteiger partial charge in [0.1, 0.15) is 5.58 Å². The second-order valence-corrected chi connectivity index (χ2v) is 27.8. The van der Waals surface area contributed by atoms with Crippen molar-refractivity contribution in [1.82, 2.24) is 14.5 Å². The quantitative estimate of drug-likeness (QED) is 0.112. The number of nitrogens with zero attached hydrogens (tertiary/aromatic N) is 3. The monoisotopic (exact) mass is 1140 g/mol. The Morgan fingerprint density at radius 1 is 0.625 bits per heavy atom. The molecule has 3 heterocycles. The van der Waals surface area contributed by atoms with E-state index in [1.54, 1.807) is 6.07 Å². The summed E-state index contributed by atoms with van der Waals surface area (Å²) in [6, 6.07) is 57.2. The Balaban J connectivity index is 0.000000326. The van der Waals surface area contributed by atoms with Crippen LogP contribution >= 0.6 is 0 Å². The number of rotatable bonds is 8. The van der Waals surface area contributed by atoms with E-state index in [9.17, 15) is 4.39 Å². The Morgan fingerprint density at radius 3 is 1.82 bits per heavy atom. The normalized spacial score (nSPS) is 12.2. The van der Waals surface area contributed by atoms with Gasteiger partial charge < -0.3 is 14.0 Å². The molecule has 1 radical (unpaired) electrons. The topological polar surface area (TPSA) is 43.9 Å². The van der Waals surface area contributed by atoms with Crippen molar-refractivity contribution >= 4 is 46.2 Å². The van der Waals surface area contributed by atoms with Crippen LogP contribution in [-0.4, -0.2) is 22.6 Å². The third-order valence-corrected chi connectivity index (χ3v) is 15.8. The Hall–Kier alpha value is -6.24. The van der Waals surface area contributed by atoms with Crippen LogP contribution in [0.15, 0.2) is 156 Å². The van der Waals surface area contributed by atoms with Gasteiger partial charge in [0.2, 0.25) is 0 Å². The van der Waals surface area contributed by atoms with Gasteiger partial charge in [0.25, 0.3) is 0 Å². The fraction of sp³-hybridized carbons (Fsp3) is 0.262. The Kier molecular flexibility index (Phi) is 14.7. The van der Waals surface area contributed by atoms with Gasteiger partial charge in [0.15, 0.2) is 0 Å². The summed E-state index contributed by atoms with van der Waals surface area (Å²) in [7, 11) is -1.40. The number of fused-ring (bicyclic) bond motifs is 4. The van der Waals surface area contributed by atoms with E-state index in [0.29, 0.717) is 0 Å². The maximum atomic E-state index is 12.8. The van der Waals surface area contributed by atoms with Gasteiger partial charge in [0.05, 0.1) is 30.5 Å². The largest absolute Gasteiger partial charge is 0.501 e. The fourth-order valence-electron chi connectivity index (χ4n) is 9.38. The molecule has 0 amide bonds.